The highest BCUT2D eigenvalue weighted by atomic mass is 17.1. The lowest BCUT2D eigenvalue weighted by molar-refractivity contribution is -0.336. The molecule has 2 N–H and O–H groups in total. The van der Waals surface area contributed by atoms with Crippen LogP contribution in [0.5, 0.6) is 0 Å². The Morgan fingerprint density at radius 3 is 2.41 bits per heavy atom. The molecule has 3 atom stereocenters. The van der Waals surface area contributed by atoms with Crippen LogP contribution in [-0.2, 0) is 14.4 Å². The Morgan fingerprint density at radius 1 is 1.47 bits per heavy atom. The minimum absolute atomic E-state index is 0.260. The van der Waals surface area contributed by atoms with Gasteiger partial charge in [0.2, 0.25) is 0 Å². The molecular formula is C12H22O5. The van der Waals surface area contributed by atoms with Gasteiger partial charge in [-0.25, -0.2) is 4.89 Å². The minimum Gasteiger partial charge on any atom is -0.466 e. The summed E-state index contributed by atoms with van der Waals surface area (Å²) in [5.74, 6) is -0.897. The third kappa shape index (κ3) is 2.46. The zero-order valence-corrected chi connectivity index (χ0v) is 11.1. The van der Waals surface area contributed by atoms with E-state index in [0.717, 1.165) is 0 Å². The van der Waals surface area contributed by atoms with Gasteiger partial charge < -0.3 is 9.84 Å². The van der Waals surface area contributed by atoms with E-state index < -0.39 is 11.7 Å². The number of aliphatic hydroxyl groups is 1. The van der Waals surface area contributed by atoms with Crippen molar-refractivity contribution in [3.63, 3.8) is 0 Å². The first kappa shape index (κ1) is 14.4. The summed E-state index contributed by atoms with van der Waals surface area (Å²) in [5, 5.41) is 18.9. The molecule has 0 aromatic heterocycles. The third-order valence-corrected chi connectivity index (χ3v) is 3.74. The molecule has 5 heteroatoms. The van der Waals surface area contributed by atoms with Gasteiger partial charge >= 0.3 is 5.97 Å². The summed E-state index contributed by atoms with van der Waals surface area (Å²) < 4.78 is 4.97. The molecule has 3 unspecified atom stereocenters. The van der Waals surface area contributed by atoms with Gasteiger partial charge in [-0.3, -0.25) is 10.1 Å². The molecule has 0 spiro atoms. The molecule has 1 aliphatic carbocycles. The summed E-state index contributed by atoms with van der Waals surface area (Å²) in [6, 6.07) is 0. The van der Waals surface area contributed by atoms with Gasteiger partial charge in [0.1, 0.15) is 5.60 Å². The van der Waals surface area contributed by atoms with E-state index in [1.807, 2.05) is 13.8 Å². The number of carbonyl (C=O) groups excluding carboxylic acids is 1. The maximum absolute atomic E-state index is 11.7. The first-order valence-electron chi connectivity index (χ1n) is 5.87. The summed E-state index contributed by atoms with van der Waals surface area (Å²) in [7, 11) is 0. The molecule has 0 saturated heterocycles. The van der Waals surface area contributed by atoms with E-state index in [0.29, 0.717) is 6.61 Å². The molecule has 1 rings (SSSR count). The summed E-state index contributed by atoms with van der Waals surface area (Å²) in [6.45, 7) is 9.03. The number of esters is 1. The fraction of sp³-hybridized carbons (Fsp3) is 0.917. The molecule has 0 amide bonds. The molecule has 5 nitrogen and oxygen atoms in total. The molecule has 0 heterocycles. The van der Waals surface area contributed by atoms with Gasteiger partial charge in [0, 0.05) is 5.92 Å². The minimum atomic E-state index is -1.09. The Hall–Kier alpha value is -0.650. The van der Waals surface area contributed by atoms with Crippen molar-refractivity contribution in [2.24, 2.45) is 17.3 Å². The van der Waals surface area contributed by atoms with Crippen LogP contribution in [0.2, 0.25) is 0 Å². The molecule has 100 valence electrons. The number of hydrogen-bond donors (Lipinski definition) is 2. The van der Waals surface area contributed by atoms with Crippen LogP contribution in [0.15, 0.2) is 0 Å². The molecule has 0 bridgehead atoms. The molecule has 17 heavy (non-hydrogen) atoms. The first-order chi connectivity index (χ1) is 7.70. The smallest absolute Gasteiger partial charge is 0.309 e. The third-order valence-electron chi connectivity index (χ3n) is 3.74. The highest BCUT2D eigenvalue weighted by molar-refractivity contribution is 5.77. The van der Waals surface area contributed by atoms with E-state index in [1.54, 1.807) is 20.8 Å². The fourth-order valence-corrected chi connectivity index (χ4v) is 2.44. The van der Waals surface area contributed by atoms with Gasteiger partial charge in [-0.2, -0.15) is 0 Å². The van der Waals surface area contributed by atoms with Crippen LogP contribution in [0.3, 0.4) is 0 Å². The predicted octanol–water partition coefficient (Wildman–Crippen LogP) is 1.45. The van der Waals surface area contributed by atoms with Crippen LogP contribution in [0.25, 0.3) is 0 Å². The van der Waals surface area contributed by atoms with Crippen molar-refractivity contribution in [3.05, 3.63) is 0 Å². The second-order valence-corrected chi connectivity index (χ2v) is 5.72. The Kier molecular flexibility index (Phi) is 3.86. The molecule has 1 saturated carbocycles. The monoisotopic (exact) mass is 246 g/mol. The molecule has 0 radical (unpaired) electrons. The zero-order chi connectivity index (χ0) is 13.4. The van der Waals surface area contributed by atoms with E-state index in [-0.39, 0.29) is 23.2 Å². The van der Waals surface area contributed by atoms with Crippen molar-refractivity contribution in [2.45, 2.75) is 46.3 Å². The lowest BCUT2D eigenvalue weighted by Crippen LogP contribution is -2.41. The predicted molar refractivity (Wildman–Crippen MR) is 61.2 cm³/mol. The van der Waals surface area contributed by atoms with Gasteiger partial charge in [0.15, 0.2) is 0 Å². The first-order valence-corrected chi connectivity index (χ1v) is 5.87. The van der Waals surface area contributed by atoms with E-state index >= 15 is 0 Å². The second kappa shape index (κ2) is 4.55. The zero-order valence-electron chi connectivity index (χ0n) is 11.1. The summed E-state index contributed by atoms with van der Waals surface area (Å²) in [6.07, 6.45) is -0.920. The highest BCUT2D eigenvalue weighted by Crippen LogP contribution is 2.61. The molecular weight excluding hydrogens is 224 g/mol. The fourth-order valence-electron chi connectivity index (χ4n) is 2.44. The van der Waals surface area contributed by atoms with Crippen molar-refractivity contribution in [3.8, 4) is 0 Å². The van der Waals surface area contributed by atoms with Crippen molar-refractivity contribution < 1.29 is 24.8 Å². The second-order valence-electron chi connectivity index (χ2n) is 5.72. The lowest BCUT2D eigenvalue weighted by atomic mass is 9.93. The normalized spacial score (nSPS) is 28.6. The van der Waals surface area contributed by atoms with Gasteiger partial charge in [-0.1, -0.05) is 13.8 Å². The molecule has 1 aliphatic rings. The Labute approximate surface area is 102 Å². The number of hydrogen-bond acceptors (Lipinski definition) is 5. The Bertz CT molecular complexity index is 297. The van der Waals surface area contributed by atoms with Gasteiger partial charge in [0.25, 0.3) is 0 Å². The van der Waals surface area contributed by atoms with Crippen LogP contribution < -0.4 is 0 Å². The van der Waals surface area contributed by atoms with E-state index in [1.165, 1.54) is 0 Å². The lowest BCUT2D eigenvalue weighted by Gasteiger charge is -2.27. The maximum Gasteiger partial charge on any atom is 0.309 e. The van der Waals surface area contributed by atoms with Gasteiger partial charge in [0.05, 0.1) is 18.6 Å². The van der Waals surface area contributed by atoms with Crippen LogP contribution in [0.1, 0.15) is 34.6 Å². The van der Waals surface area contributed by atoms with Crippen molar-refractivity contribution in [2.75, 3.05) is 6.61 Å². The molecule has 0 aromatic rings. The Morgan fingerprint density at radius 2 is 2.00 bits per heavy atom. The number of ether oxygens (including phenoxy) is 1. The maximum atomic E-state index is 11.7. The SMILES string of the molecule is CCOC(=O)C1C(C(O)C(C)(C)OO)C1(C)C. The number of aliphatic hydroxyl groups excluding tert-OH is 1. The molecule has 1 fully saturated rings. The Balaban J connectivity index is 2.77. The largest absolute Gasteiger partial charge is 0.466 e. The highest BCUT2D eigenvalue weighted by Gasteiger charge is 2.67. The van der Waals surface area contributed by atoms with Crippen LogP contribution in [0.4, 0.5) is 0 Å². The van der Waals surface area contributed by atoms with E-state index in [2.05, 4.69) is 4.89 Å². The van der Waals surface area contributed by atoms with Crippen molar-refractivity contribution >= 4 is 5.97 Å². The summed E-state index contributed by atoms with van der Waals surface area (Å²) in [4.78, 5) is 16.0. The van der Waals surface area contributed by atoms with E-state index in [4.69, 9.17) is 9.99 Å². The van der Waals surface area contributed by atoms with Gasteiger partial charge in [-0.15, -0.1) is 0 Å². The quantitative estimate of drug-likeness (QED) is 0.436. The molecule has 0 aromatic carbocycles. The van der Waals surface area contributed by atoms with Crippen LogP contribution >= 0.6 is 0 Å². The van der Waals surface area contributed by atoms with Crippen molar-refractivity contribution in [1.29, 1.82) is 0 Å². The van der Waals surface area contributed by atoms with Crippen LogP contribution in [0, 0.1) is 17.3 Å². The van der Waals surface area contributed by atoms with E-state index in [9.17, 15) is 9.90 Å². The standard InChI is InChI=1S/C12H22O5/c1-6-16-10(14)8-7(11(8,2)3)9(13)12(4,5)17-15/h7-9,13,15H,6H2,1-5H3. The molecule has 0 aliphatic heterocycles. The average molecular weight is 246 g/mol. The van der Waals surface area contributed by atoms with Gasteiger partial charge in [-0.05, 0) is 26.2 Å². The number of rotatable bonds is 5. The summed E-state index contributed by atoms with van der Waals surface area (Å²) in [5.41, 5.74) is -1.43. The van der Waals surface area contributed by atoms with Crippen molar-refractivity contribution in [1.82, 2.24) is 0 Å². The average Bonchev–Trinajstić information content (AvgIpc) is 2.80. The summed E-state index contributed by atoms with van der Waals surface area (Å²) >= 11 is 0. The topological polar surface area (TPSA) is 76.0 Å². The van der Waals surface area contributed by atoms with Crippen LogP contribution in [-0.4, -0.2) is 34.6 Å². The number of carbonyl (C=O) groups is 1.